The summed E-state index contributed by atoms with van der Waals surface area (Å²) in [5.41, 5.74) is -16.4. The average molecular weight is 674 g/mol. The van der Waals surface area contributed by atoms with Crippen LogP contribution in [-0.2, 0) is 0 Å². The molecule has 0 atom stereocenters. The minimum absolute atomic E-state index is 0.512. The van der Waals surface area contributed by atoms with Gasteiger partial charge in [-0.2, -0.15) is 26.3 Å². The normalized spacial score (nSPS) is 13.5. The fraction of sp³-hybridized carbons (Fsp3) is 0. The van der Waals surface area contributed by atoms with Gasteiger partial charge < -0.3 is 0 Å². The Balaban J connectivity index is 2.03. The van der Waals surface area contributed by atoms with Crippen LogP contribution in [0.5, 0.6) is 0 Å². The van der Waals surface area contributed by atoms with Crippen molar-refractivity contribution in [2.24, 2.45) is 0 Å². The molecule has 234 valence electrons. The van der Waals surface area contributed by atoms with Gasteiger partial charge >= 0.3 is 0 Å². The minimum atomic E-state index is -2.21. The van der Waals surface area contributed by atoms with Crippen molar-refractivity contribution in [1.29, 1.82) is 31.6 Å². The fourth-order valence-corrected chi connectivity index (χ4v) is 5.61. The van der Waals surface area contributed by atoms with Crippen LogP contribution in [0.4, 0.5) is 40.8 Å². The summed E-state index contributed by atoms with van der Waals surface area (Å²) < 4.78 is 121. The summed E-state index contributed by atoms with van der Waals surface area (Å²) in [4.78, 5) is 5.36. The maximum absolute atomic E-state index is 15.4. The largest absolute Gasteiger partial charge is 0.270 e. The standard InChI is InChI=1S/C34H2F8N8/c1-49-19(10-48)21-15-4-14-12(3-13(15)17(8-46)23(21)25-28(37)26(35)18(9-47)27(36)29(25)38)16(7-45)22(20(14)11(5-43)6-44)24-30(39)32(41)34(50-2)33(42)31(24)40/h3-4H/b21-19+. The Kier molecular flexibility index (Phi) is 7.98. The topological polar surface area (TPSA) is 151 Å². The van der Waals surface area contributed by atoms with Crippen LogP contribution in [0.2, 0.25) is 0 Å². The first-order valence-electron chi connectivity index (χ1n) is 12.9. The lowest BCUT2D eigenvalue weighted by Gasteiger charge is -2.14. The second kappa shape index (κ2) is 12.0. The lowest BCUT2D eigenvalue weighted by atomic mass is 9.89. The van der Waals surface area contributed by atoms with Crippen LogP contribution in [0.3, 0.4) is 0 Å². The maximum Gasteiger partial charge on any atom is 0.270 e. The van der Waals surface area contributed by atoms with Crippen LogP contribution in [-0.4, -0.2) is 0 Å². The Bertz CT molecular complexity index is 2440. The molecule has 0 aromatic heterocycles. The quantitative estimate of drug-likeness (QED) is 0.116. The summed E-state index contributed by atoms with van der Waals surface area (Å²) in [6, 6.07) is 9.79. The van der Waals surface area contributed by atoms with Crippen LogP contribution in [0.1, 0.15) is 38.9 Å². The van der Waals surface area contributed by atoms with Crippen molar-refractivity contribution in [2.45, 2.75) is 0 Å². The summed E-state index contributed by atoms with van der Waals surface area (Å²) in [6.45, 7) is 14.3. The van der Waals surface area contributed by atoms with Gasteiger partial charge in [0.05, 0.1) is 41.5 Å². The second-order valence-electron chi connectivity index (χ2n) is 9.80. The van der Waals surface area contributed by atoms with E-state index in [-0.39, 0.29) is 0 Å². The van der Waals surface area contributed by atoms with Gasteiger partial charge in [0.25, 0.3) is 11.4 Å². The number of hydrogen-bond donors (Lipinski definition) is 0. The molecular weight excluding hydrogens is 672 g/mol. The molecule has 0 bridgehead atoms. The van der Waals surface area contributed by atoms with Crippen molar-refractivity contribution in [3.8, 4) is 36.4 Å². The summed E-state index contributed by atoms with van der Waals surface area (Å²) in [5, 5.41) is 58.6. The highest BCUT2D eigenvalue weighted by Crippen LogP contribution is 2.56. The second-order valence-corrected chi connectivity index (χ2v) is 9.80. The molecule has 3 aromatic carbocycles. The van der Waals surface area contributed by atoms with Gasteiger partial charge in [0.2, 0.25) is 0 Å². The van der Waals surface area contributed by atoms with Crippen molar-refractivity contribution >= 4 is 39.1 Å². The molecule has 0 saturated heterocycles. The summed E-state index contributed by atoms with van der Waals surface area (Å²) in [7, 11) is 0. The van der Waals surface area contributed by atoms with Crippen LogP contribution in [0, 0.1) is 128 Å². The minimum Gasteiger partial charge on any atom is -0.232 e. The van der Waals surface area contributed by atoms with Crippen LogP contribution in [0.15, 0.2) is 23.4 Å². The van der Waals surface area contributed by atoms with E-state index in [0.717, 1.165) is 18.2 Å². The number of halogens is 8. The van der Waals surface area contributed by atoms with Crippen molar-refractivity contribution < 1.29 is 35.1 Å². The van der Waals surface area contributed by atoms with E-state index in [4.69, 9.17) is 18.4 Å². The third-order valence-corrected chi connectivity index (χ3v) is 7.61. The molecule has 2 aliphatic rings. The first-order chi connectivity index (χ1) is 23.8. The SMILES string of the molecule is [C-]#[N+]/C(C#N)=C1/C(c2c(F)c(F)c(C#N)c(F)c2F)=C(C#N)c2cc3c(cc21)C(=C(C#N)C#N)C(c1c(F)c(F)c([N+]#[C-])c(F)c1F)=C3C#N. The predicted molar refractivity (Wildman–Crippen MR) is 152 cm³/mol. The number of hydrogen-bond acceptors (Lipinski definition) is 6. The zero-order chi connectivity index (χ0) is 36.9. The van der Waals surface area contributed by atoms with Crippen molar-refractivity contribution in [1.82, 2.24) is 0 Å². The van der Waals surface area contributed by atoms with E-state index in [9.17, 15) is 43.9 Å². The predicted octanol–water partition coefficient (Wildman–Crippen LogP) is 8.07. The van der Waals surface area contributed by atoms with Crippen molar-refractivity contribution in [2.75, 3.05) is 0 Å². The van der Waals surface area contributed by atoms with Crippen LogP contribution in [0.25, 0.3) is 43.1 Å². The molecule has 0 fully saturated rings. The van der Waals surface area contributed by atoms with E-state index in [1.54, 1.807) is 0 Å². The number of allylic oxidation sites excluding steroid dienone is 8. The molecule has 0 unspecified atom stereocenters. The molecule has 0 heterocycles. The highest BCUT2D eigenvalue weighted by Gasteiger charge is 2.42. The molecule has 8 nitrogen and oxygen atoms in total. The number of nitriles is 6. The molecule has 2 aliphatic carbocycles. The highest BCUT2D eigenvalue weighted by molar-refractivity contribution is 6.29. The third-order valence-electron chi connectivity index (χ3n) is 7.61. The summed E-state index contributed by atoms with van der Waals surface area (Å²) in [5.74, 6) is -17.6. The molecular formula is C34H2F8N8. The van der Waals surface area contributed by atoms with E-state index < -0.39 is 136 Å². The molecule has 16 heteroatoms. The smallest absolute Gasteiger partial charge is 0.232 e. The number of fused-ring (bicyclic) bond motifs is 2. The molecule has 0 N–H and O–H groups in total. The number of benzene rings is 3. The average Bonchev–Trinajstić information content (AvgIpc) is 3.59. The maximum atomic E-state index is 15.4. The van der Waals surface area contributed by atoms with Gasteiger partial charge in [0.15, 0.2) is 46.5 Å². The van der Waals surface area contributed by atoms with Gasteiger partial charge in [-0.05, 0) is 23.3 Å². The zero-order valence-electron chi connectivity index (χ0n) is 23.8. The van der Waals surface area contributed by atoms with E-state index in [2.05, 4.69) is 9.69 Å². The molecule has 3 aromatic rings. The van der Waals surface area contributed by atoms with Gasteiger partial charge in [-0.1, -0.05) is 0 Å². The molecule has 50 heavy (non-hydrogen) atoms. The van der Waals surface area contributed by atoms with Gasteiger partial charge in [-0.15, -0.1) is 0 Å². The Labute approximate surface area is 273 Å². The zero-order valence-corrected chi connectivity index (χ0v) is 23.8. The van der Waals surface area contributed by atoms with Gasteiger partial charge in [0, 0.05) is 33.4 Å². The van der Waals surface area contributed by atoms with Gasteiger partial charge in [-0.25, -0.2) is 50.1 Å². The van der Waals surface area contributed by atoms with Gasteiger partial charge in [0.1, 0.15) is 41.5 Å². The molecule has 0 saturated carbocycles. The summed E-state index contributed by atoms with van der Waals surface area (Å²) >= 11 is 0. The molecule has 5 rings (SSSR count). The molecule has 0 aliphatic heterocycles. The van der Waals surface area contributed by atoms with Crippen LogP contribution >= 0.6 is 0 Å². The van der Waals surface area contributed by atoms with Crippen molar-refractivity contribution in [3.63, 3.8) is 0 Å². The Morgan fingerprint density at radius 1 is 0.520 bits per heavy atom. The fourth-order valence-electron chi connectivity index (χ4n) is 5.61. The highest BCUT2D eigenvalue weighted by atomic mass is 19.2. The van der Waals surface area contributed by atoms with E-state index in [1.807, 2.05) is 0 Å². The molecule has 0 amide bonds. The lowest BCUT2D eigenvalue weighted by Crippen LogP contribution is -2.07. The first-order valence-corrected chi connectivity index (χ1v) is 12.9. The Morgan fingerprint density at radius 2 is 0.940 bits per heavy atom. The third kappa shape index (κ3) is 4.22. The summed E-state index contributed by atoms with van der Waals surface area (Å²) in [6.07, 6.45) is 0. The molecule has 0 radical (unpaired) electrons. The molecule has 0 spiro atoms. The Hall–Kier alpha value is -8.02. The Morgan fingerprint density at radius 3 is 1.32 bits per heavy atom. The van der Waals surface area contributed by atoms with E-state index in [1.165, 1.54) is 30.3 Å². The lowest BCUT2D eigenvalue weighted by molar-refractivity contribution is 0.447. The van der Waals surface area contributed by atoms with E-state index in [0.29, 0.717) is 0 Å². The van der Waals surface area contributed by atoms with Crippen LogP contribution < -0.4 is 0 Å². The van der Waals surface area contributed by atoms with Gasteiger partial charge in [-0.3, -0.25) is 0 Å². The first kappa shape index (κ1) is 33.3. The number of nitrogens with zero attached hydrogens (tertiary/aromatic N) is 8. The monoisotopic (exact) mass is 674 g/mol. The van der Waals surface area contributed by atoms with Crippen molar-refractivity contribution in [3.05, 3.63) is 132 Å². The number of rotatable bonds is 2. The van der Waals surface area contributed by atoms with E-state index >= 15 is 17.6 Å².